The van der Waals surface area contributed by atoms with E-state index in [4.69, 9.17) is 21.1 Å². The van der Waals surface area contributed by atoms with Crippen LogP contribution >= 0.6 is 22.9 Å². The number of benzene rings is 2. The van der Waals surface area contributed by atoms with Crippen molar-refractivity contribution in [2.75, 3.05) is 18.1 Å². The van der Waals surface area contributed by atoms with E-state index in [-0.39, 0.29) is 27.9 Å². The molecule has 0 spiro atoms. The molecule has 0 bridgehead atoms. The van der Waals surface area contributed by atoms with E-state index < -0.39 is 23.7 Å². The van der Waals surface area contributed by atoms with E-state index in [1.807, 2.05) is 0 Å². The Morgan fingerprint density at radius 3 is 2.55 bits per heavy atom. The summed E-state index contributed by atoms with van der Waals surface area (Å²) in [5.41, 5.74) is 1.80. The van der Waals surface area contributed by atoms with Gasteiger partial charge in [-0.15, -0.1) is 0 Å². The zero-order valence-electron chi connectivity index (χ0n) is 21.0. The molecule has 38 heavy (non-hydrogen) atoms. The lowest BCUT2D eigenvalue weighted by Crippen LogP contribution is -2.29. The van der Waals surface area contributed by atoms with Gasteiger partial charge in [-0.2, -0.15) is 0 Å². The number of hydrogen-bond acceptors (Lipinski definition) is 8. The van der Waals surface area contributed by atoms with E-state index in [1.54, 1.807) is 69.3 Å². The van der Waals surface area contributed by atoms with E-state index in [2.05, 4.69) is 11.6 Å². The Bertz CT molecular complexity index is 1460. The van der Waals surface area contributed by atoms with Gasteiger partial charge in [-0.1, -0.05) is 47.7 Å². The minimum atomic E-state index is -1.01. The maximum absolute atomic E-state index is 13.4. The average Bonchev–Trinajstić information content (AvgIpc) is 3.39. The Hall–Kier alpha value is -3.95. The number of thiazole rings is 1. The van der Waals surface area contributed by atoms with Gasteiger partial charge in [0.15, 0.2) is 5.13 Å². The highest BCUT2D eigenvalue weighted by Crippen LogP contribution is 2.44. The van der Waals surface area contributed by atoms with Gasteiger partial charge in [0.2, 0.25) is 0 Å². The van der Waals surface area contributed by atoms with E-state index in [1.165, 1.54) is 4.90 Å². The first-order valence-electron chi connectivity index (χ1n) is 11.7. The number of aliphatic hydroxyl groups excluding tert-OH is 1. The first kappa shape index (κ1) is 27.1. The molecule has 1 N–H and O–H groups in total. The molecule has 2 heterocycles. The molecule has 0 saturated carbocycles. The highest BCUT2D eigenvalue weighted by atomic mass is 35.5. The summed E-state index contributed by atoms with van der Waals surface area (Å²) in [4.78, 5) is 45.1. The summed E-state index contributed by atoms with van der Waals surface area (Å²) < 4.78 is 10.7. The van der Waals surface area contributed by atoms with Gasteiger partial charge in [0.1, 0.15) is 23.0 Å². The zero-order chi connectivity index (χ0) is 27.6. The fourth-order valence-electron chi connectivity index (χ4n) is 4.15. The molecule has 0 aliphatic carbocycles. The number of ether oxygens (including phenoxy) is 2. The summed E-state index contributed by atoms with van der Waals surface area (Å²) in [6.07, 6.45) is 1.62. The Kier molecular flexibility index (Phi) is 7.99. The highest BCUT2D eigenvalue weighted by Gasteiger charge is 2.48. The molecule has 1 aliphatic rings. The smallest absolute Gasteiger partial charge is 0.350 e. The predicted molar refractivity (Wildman–Crippen MR) is 146 cm³/mol. The topological polar surface area (TPSA) is 106 Å². The molecule has 1 fully saturated rings. The highest BCUT2D eigenvalue weighted by molar-refractivity contribution is 7.17. The van der Waals surface area contributed by atoms with Crippen molar-refractivity contribution >= 4 is 51.5 Å². The minimum absolute atomic E-state index is 0.106. The van der Waals surface area contributed by atoms with Crippen molar-refractivity contribution < 1.29 is 29.0 Å². The number of anilines is 1. The van der Waals surface area contributed by atoms with Gasteiger partial charge in [-0.25, -0.2) is 9.78 Å². The van der Waals surface area contributed by atoms with Gasteiger partial charge in [0.25, 0.3) is 5.78 Å². The number of esters is 1. The van der Waals surface area contributed by atoms with Crippen LogP contribution in [0.1, 0.15) is 45.0 Å². The third kappa shape index (κ3) is 5.07. The fraction of sp³-hybridized carbons (Fsp3) is 0.214. The lowest BCUT2D eigenvalue weighted by Gasteiger charge is -2.23. The number of carbonyl (C=O) groups is 3. The standard InChI is InChI=1S/C28H25ClN2O6S/c1-5-13-37-19-11-12-20(15(3)14-19)23(32)21-22(17-7-9-18(29)10-8-17)31(26(34)24(21)33)28-30-16(4)25(38-28)27(35)36-6-2/h5,7-12,14,22,32H,1,6,13H2,2-4H3/t22-/m1/s1. The Morgan fingerprint density at radius 2 is 1.92 bits per heavy atom. The van der Waals surface area contributed by atoms with Gasteiger partial charge < -0.3 is 14.6 Å². The van der Waals surface area contributed by atoms with Crippen LogP contribution in [-0.2, 0) is 14.3 Å². The van der Waals surface area contributed by atoms with Gasteiger partial charge in [0, 0.05) is 10.6 Å². The van der Waals surface area contributed by atoms with E-state index in [9.17, 15) is 19.5 Å². The maximum atomic E-state index is 13.4. The van der Waals surface area contributed by atoms with Crippen LogP contribution in [0.4, 0.5) is 5.13 Å². The number of aliphatic hydroxyl groups is 1. The van der Waals surface area contributed by atoms with Crippen LogP contribution in [0.25, 0.3) is 5.76 Å². The quantitative estimate of drug-likeness (QED) is 0.124. The van der Waals surface area contributed by atoms with Gasteiger partial charge >= 0.3 is 11.9 Å². The number of amides is 1. The molecular weight excluding hydrogens is 528 g/mol. The number of hydrogen-bond donors (Lipinski definition) is 1. The second-order valence-electron chi connectivity index (χ2n) is 8.43. The van der Waals surface area contributed by atoms with E-state index >= 15 is 0 Å². The first-order chi connectivity index (χ1) is 18.2. The summed E-state index contributed by atoms with van der Waals surface area (Å²) in [7, 11) is 0. The molecule has 0 radical (unpaired) electrons. The molecule has 196 valence electrons. The number of aryl methyl sites for hydroxylation is 2. The Balaban J connectivity index is 1.88. The second kappa shape index (κ2) is 11.2. The van der Waals surface area contributed by atoms with Gasteiger partial charge in [0.05, 0.1) is 23.9 Å². The number of halogens is 1. The summed E-state index contributed by atoms with van der Waals surface area (Å²) in [6.45, 7) is 9.19. The number of nitrogens with zero attached hydrogens (tertiary/aromatic N) is 2. The fourth-order valence-corrected chi connectivity index (χ4v) is 5.27. The third-order valence-electron chi connectivity index (χ3n) is 5.90. The van der Waals surface area contributed by atoms with Crippen LogP contribution in [0.5, 0.6) is 5.75 Å². The van der Waals surface area contributed by atoms with Crippen molar-refractivity contribution in [3.8, 4) is 5.75 Å². The average molecular weight is 553 g/mol. The Labute approximate surface area is 228 Å². The van der Waals surface area contributed by atoms with Gasteiger partial charge in [-0.3, -0.25) is 14.5 Å². The number of ketones is 1. The molecule has 1 atom stereocenters. The molecule has 8 nitrogen and oxygen atoms in total. The molecule has 2 aromatic carbocycles. The van der Waals surface area contributed by atoms with Crippen molar-refractivity contribution in [3.05, 3.63) is 93.0 Å². The lowest BCUT2D eigenvalue weighted by molar-refractivity contribution is -0.132. The predicted octanol–water partition coefficient (Wildman–Crippen LogP) is 5.78. The van der Waals surface area contributed by atoms with Crippen LogP contribution in [0.2, 0.25) is 5.02 Å². The SMILES string of the molecule is C=CCOc1ccc(C(O)=C2C(=O)C(=O)N(c3nc(C)c(C(=O)OCC)s3)[C@@H]2c2ccc(Cl)cc2)c(C)c1. The molecule has 1 saturated heterocycles. The van der Waals surface area contributed by atoms with Gasteiger partial charge in [-0.05, 0) is 62.2 Å². The zero-order valence-corrected chi connectivity index (χ0v) is 22.6. The molecule has 3 aromatic rings. The lowest BCUT2D eigenvalue weighted by atomic mass is 9.94. The van der Waals surface area contributed by atoms with Crippen molar-refractivity contribution in [3.63, 3.8) is 0 Å². The monoisotopic (exact) mass is 552 g/mol. The number of rotatable bonds is 8. The molecule has 1 aromatic heterocycles. The first-order valence-corrected chi connectivity index (χ1v) is 12.9. The summed E-state index contributed by atoms with van der Waals surface area (Å²) in [5, 5.41) is 12.0. The Morgan fingerprint density at radius 1 is 1.21 bits per heavy atom. The normalized spacial score (nSPS) is 16.5. The van der Waals surface area contributed by atoms with Crippen molar-refractivity contribution in [1.29, 1.82) is 0 Å². The van der Waals surface area contributed by atoms with Crippen LogP contribution < -0.4 is 9.64 Å². The molecular formula is C28H25ClN2O6S. The van der Waals surface area contributed by atoms with Crippen LogP contribution in [-0.4, -0.2) is 41.0 Å². The molecule has 1 aliphatic heterocycles. The van der Waals surface area contributed by atoms with Crippen molar-refractivity contribution in [1.82, 2.24) is 4.98 Å². The third-order valence-corrected chi connectivity index (χ3v) is 7.29. The van der Waals surface area contributed by atoms with Crippen molar-refractivity contribution in [2.24, 2.45) is 0 Å². The van der Waals surface area contributed by atoms with Crippen LogP contribution in [0.15, 0.2) is 60.7 Å². The van der Waals surface area contributed by atoms with Crippen molar-refractivity contribution in [2.45, 2.75) is 26.8 Å². The second-order valence-corrected chi connectivity index (χ2v) is 9.84. The van der Waals surface area contributed by atoms with Crippen LogP contribution in [0, 0.1) is 13.8 Å². The van der Waals surface area contributed by atoms with E-state index in [0.717, 1.165) is 11.3 Å². The van der Waals surface area contributed by atoms with E-state index in [0.29, 0.717) is 39.8 Å². The maximum Gasteiger partial charge on any atom is 0.350 e. The minimum Gasteiger partial charge on any atom is -0.507 e. The van der Waals surface area contributed by atoms with Crippen LogP contribution in [0.3, 0.4) is 0 Å². The molecule has 10 heteroatoms. The molecule has 1 amide bonds. The largest absolute Gasteiger partial charge is 0.507 e. The summed E-state index contributed by atoms with van der Waals surface area (Å²) in [5.74, 6) is -2.09. The number of carbonyl (C=O) groups excluding carboxylic acids is 3. The summed E-state index contributed by atoms with van der Waals surface area (Å²) >= 11 is 7.04. The summed E-state index contributed by atoms with van der Waals surface area (Å²) in [6, 6.07) is 10.6. The molecule has 0 unspecified atom stereocenters. The molecule has 4 rings (SSSR count). The number of aromatic nitrogens is 1. The number of Topliss-reactive ketones (excluding diaryl/α,β-unsaturated/α-hetero) is 1.